The summed E-state index contributed by atoms with van der Waals surface area (Å²) in [7, 11) is 0. The van der Waals surface area contributed by atoms with E-state index in [-0.39, 0.29) is 12.4 Å². The van der Waals surface area contributed by atoms with E-state index in [1.54, 1.807) is 6.07 Å². The van der Waals surface area contributed by atoms with Gasteiger partial charge in [-0.1, -0.05) is 24.3 Å². The van der Waals surface area contributed by atoms with Crippen LogP contribution in [0.25, 0.3) is 0 Å². The van der Waals surface area contributed by atoms with Crippen molar-refractivity contribution in [3.8, 4) is 5.75 Å². The molecule has 0 saturated carbocycles. The molecule has 0 fully saturated rings. The van der Waals surface area contributed by atoms with Gasteiger partial charge in [-0.2, -0.15) is 13.2 Å². The van der Waals surface area contributed by atoms with Crippen molar-refractivity contribution in [1.29, 1.82) is 0 Å². The van der Waals surface area contributed by atoms with Crippen LogP contribution in [0.3, 0.4) is 0 Å². The van der Waals surface area contributed by atoms with Crippen LogP contribution < -0.4 is 10.1 Å². The molecule has 5 heteroatoms. The maximum atomic E-state index is 13.0. The maximum Gasteiger partial charge on any atom is 0.419 e. The molecule has 0 radical (unpaired) electrons. The highest BCUT2D eigenvalue weighted by Crippen LogP contribution is 2.36. The van der Waals surface area contributed by atoms with Gasteiger partial charge < -0.3 is 10.1 Å². The Morgan fingerprint density at radius 1 is 1.05 bits per heavy atom. The summed E-state index contributed by atoms with van der Waals surface area (Å²) in [6, 6.07) is 11.1. The van der Waals surface area contributed by atoms with Crippen molar-refractivity contribution in [3.05, 3.63) is 59.2 Å². The lowest BCUT2D eigenvalue weighted by atomic mass is 9.98. The minimum Gasteiger partial charge on any atom is -0.488 e. The molecule has 0 saturated heterocycles. The van der Waals surface area contributed by atoms with Crippen molar-refractivity contribution in [1.82, 2.24) is 0 Å². The van der Waals surface area contributed by atoms with E-state index in [0.717, 1.165) is 42.3 Å². The summed E-state index contributed by atoms with van der Waals surface area (Å²) in [5, 5.41) is 3.30. The Bertz CT molecular complexity index is 667. The van der Waals surface area contributed by atoms with Gasteiger partial charge in [0, 0.05) is 12.2 Å². The highest BCUT2D eigenvalue weighted by molar-refractivity contribution is 5.56. The molecule has 0 spiro atoms. The van der Waals surface area contributed by atoms with Crippen LogP contribution in [0.4, 0.5) is 18.9 Å². The molecule has 2 nitrogen and oxygen atoms in total. The van der Waals surface area contributed by atoms with Gasteiger partial charge in [0.15, 0.2) is 0 Å². The van der Waals surface area contributed by atoms with Crippen molar-refractivity contribution in [3.63, 3.8) is 0 Å². The van der Waals surface area contributed by atoms with Crippen LogP contribution in [0.5, 0.6) is 5.75 Å². The van der Waals surface area contributed by atoms with Gasteiger partial charge in [-0.3, -0.25) is 0 Å². The first-order valence-corrected chi connectivity index (χ1v) is 7.19. The Morgan fingerprint density at radius 2 is 1.86 bits per heavy atom. The molecule has 1 aliphatic heterocycles. The van der Waals surface area contributed by atoms with Gasteiger partial charge in [-0.05, 0) is 42.2 Å². The van der Waals surface area contributed by atoms with Crippen LogP contribution in [0, 0.1) is 0 Å². The fourth-order valence-corrected chi connectivity index (χ4v) is 2.70. The standard InChI is InChI=1S/C17H16F3NO/c18-17(19,20)14-7-1-2-9-16(14)22-11-12-5-3-8-15-13(12)6-4-10-21-15/h1-3,5,7-9,21H,4,6,10-11H2. The average molecular weight is 307 g/mol. The predicted molar refractivity (Wildman–Crippen MR) is 79.0 cm³/mol. The first kappa shape index (κ1) is 14.8. The zero-order valence-corrected chi connectivity index (χ0v) is 11.9. The summed E-state index contributed by atoms with van der Waals surface area (Å²) < 4.78 is 44.3. The zero-order valence-electron chi connectivity index (χ0n) is 11.9. The van der Waals surface area contributed by atoms with E-state index in [1.165, 1.54) is 12.1 Å². The minimum absolute atomic E-state index is 0.128. The lowest BCUT2D eigenvalue weighted by molar-refractivity contribution is -0.139. The molecule has 0 bridgehead atoms. The second kappa shape index (κ2) is 5.91. The van der Waals surface area contributed by atoms with Crippen LogP contribution >= 0.6 is 0 Å². The fourth-order valence-electron chi connectivity index (χ4n) is 2.70. The zero-order chi connectivity index (χ0) is 15.6. The van der Waals surface area contributed by atoms with Gasteiger partial charge in [-0.25, -0.2) is 0 Å². The number of para-hydroxylation sites is 1. The summed E-state index contributed by atoms with van der Waals surface area (Å²) in [4.78, 5) is 0. The van der Waals surface area contributed by atoms with E-state index in [2.05, 4.69) is 5.32 Å². The first-order chi connectivity index (χ1) is 10.6. The number of hydrogen-bond acceptors (Lipinski definition) is 2. The number of anilines is 1. The topological polar surface area (TPSA) is 21.3 Å². The highest BCUT2D eigenvalue weighted by Gasteiger charge is 2.34. The number of alkyl halides is 3. The molecule has 0 atom stereocenters. The van der Waals surface area contributed by atoms with Crippen LogP contribution in [0.2, 0.25) is 0 Å². The largest absolute Gasteiger partial charge is 0.488 e. The van der Waals surface area contributed by atoms with E-state index in [4.69, 9.17) is 4.74 Å². The van der Waals surface area contributed by atoms with Crippen LogP contribution in [-0.2, 0) is 19.2 Å². The Labute approximate surface area is 126 Å². The van der Waals surface area contributed by atoms with E-state index in [1.807, 2.05) is 18.2 Å². The summed E-state index contributed by atoms with van der Waals surface area (Å²) in [5.74, 6) is -0.128. The molecule has 0 amide bonds. The second-order valence-electron chi connectivity index (χ2n) is 5.26. The summed E-state index contributed by atoms with van der Waals surface area (Å²) in [6.07, 6.45) is -2.47. The van der Waals surface area contributed by atoms with E-state index >= 15 is 0 Å². The van der Waals surface area contributed by atoms with Gasteiger partial charge in [0.05, 0.1) is 5.56 Å². The minimum atomic E-state index is -4.41. The number of rotatable bonds is 3. The van der Waals surface area contributed by atoms with E-state index in [9.17, 15) is 13.2 Å². The third-order valence-electron chi connectivity index (χ3n) is 3.77. The molecule has 1 aliphatic rings. The van der Waals surface area contributed by atoms with Crippen molar-refractivity contribution < 1.29 is 17.9 Å². The van der Waals surface area contributed by atoms with Crippen LogP contribution in [0.1, 0.15) is 23.1 Å². The Morgan fingerprint density at radius 3 is 2.68 bits per heavy atom. The van der Waals surface area contributed by atoms with Gasteiger partial charge in [-0.15, -0.1) is 0 Å². The summed E-state index contributed by atoms with van der Waals surface area (Å²) in [5.41, 5.74) is 2.38. The average Bonchev–Trinajstić information content (AvgIpc) is 2.52. The monoisotopic (exact) mass is 307 g/mol. The highest BCUT2D eigenvalue weighted by atomic mass is 19.4. The van der Waals surface area contributed by atoms with Crippen molar-refractivity contribution in [2.24, 2.45) is 0 Å². The van der Waals surface area contributed by atoms with Gasteiger partial charge in [0.2, 0.25) is 0 Å². The molecule has 2 aromatic carbocycles. The second-order valence-corrected chi connectivity index (χ2v) is 5.26. The third-order valence-corrected chi connectivity index (χ3v) is 3.77. The molecule has 116 valence electrons. The van der Waals surface area contributed by atoms with Crippen molar-refractivity contribution in [2.45, 2.75) is 25.6 Å². The number of halogens is 3. The number of hydrogen-bond donors (Lipinski definition) is 1. The number of benzene rings is 2. The SMILES string of the molecule is FC(F)(F)c1ccccc1OCc1cccc2c1CCCN2. The van der Waals surface area contributed by atoms with Crippen LogP contribution in [0.15, 0.2) is 42.5 Å². The molecule has 22 heavy (non-hydrogen) atoms. The Kier molecular flexibility index (Phi) is 3.96. The Hall–Kier alpha value is -2.17. The summed E-state index contributed by atoms with van der Waals surface area (Å²) >= 11 is 0. The molecule has 1 heterocycles. The molecule has 0 aromatic heterocycles. The molecule has 1 N–H and O–H groups in total. The van der Waals surface area contributed by atoms with E-state index in [0.29, 0.717) is 0 Å². The number of fused-ring (bicyclic) bond motifs is 1. The molecule has 3 rings (SSSR count). The lowest BCUT2D eigenvalue weighted by Crippen LogP contribution is -2.14. The molecule has 0 aliphatic carbocycles. The third kappa shape index (κ3) is 3.03. The first-order valence-electron chi connectivity index (χ1n) is 7.19. The van der Waals surface area contributed by atoms with Gasteiger partial charge >= 0.3 is 6.18 Å². The molecule has 2 aromatic rings. The molecular formula is C17H16F3NO. The smallest absolute Gasteiger partial charge is 0.419 e. The van der Waals surface area contributed by atoms with Gasteiger partial charge in [0.1, 0.15) is 12.4 Å². The summed E-state index contributed by atoms with van der Waals surface area (Å²) in [6.45, 7) is 1.06. The predicted octanol–water partition coefficient (Wildman–Crippen LogP) is 4.64. The van der Waals surface area contributed by atoms with Gasteiger partial charge in [0.25, 0.3) is 0 Å². The van der Waals surface area contributed by atoms with Crippen molar-refractivity contribution in [2.75, 3.05) is 11.9 Å². The Balaban J connectivity index is 1.82. The lowest BCUT2D eigenvalue weighted by Gasteiger charge is -2.21. The maximum absolute atomic E-state index is 13.0. The fraction of sp³-hybridized carbons (Fsp3) is 0.294. The number of nitrogens with one attached hydrogen (secondary N) is 1. The van der Waals surface area contributed by atoms with Crippen LogP contribution in [-0.4, -0.2) is 6.54 Å². The van der Waals surface area contributed by atoms with E-state index < -0.39 is 11.7 Å². The normalized spacial score (nSPS) is 14.1. The molecular weight excluding hydrogens is 291 g/mol. The quantitative estimate of drug-likeness (QED) is 0.891. The molecule has 0 unspecified atom stereocenters. The number of ether oxygens (including phenoxy) is 1. The van der Waals surface area contributed by atoms with Crippen molar-refractivity contribution >= 4 is 5.69 Å².